The lowest BCUT2D eigenvalue weighted by Gasteiger charge is -2.23. The van der Waals surface area contributed by atoms with E-state index in [2.05, 4.69) is 5.32 Å². The third-order valence-electron chi connectivity index (χ3n) is 5.87. The van der Waals surface area contributed by atoms with Crippen LogP contribution in [0.5, 0.6) is 5.75 Å². The van der Waals surface area contributed by atoms with Crippen molar-refractivity contribution in [1.29, 1.82) is 0 Å². The molecule has 3 aromatic carbocycles. The molecule has 6 nitrogen and oxygen atoms in total. The molecule has 4 aromatic rings. The zero-order valence-corrected chi connectivity index (χ0v) is 21.7. The van der Waals surface area contributed by atoms with Gasteiger partial charge in [0.1, 0.15) is 5.75 Å². The van der Waals surface area contributed by atoms with Crippen LogP contribution in [-0.4, -0.2) is 28.0 Å². The summed E-state index contributed by atoms with van der Waals surface area (Å²) in [6.07, 6.45) is 0. The van der Waals surface area contributed by atoms with Gasteiger partial charge in [0, 0.05) is 11.2 Å². The molecule has 1 atom stereocenters. The number of ether oxygens (including phenoxy) is 1. The Balaban J connectivity index is 1.57. The van der Waals surface area contributed by atoms with Crippen molar-refractivity contribution >= 4 is 43.0 Å². The summed E-state index contributed by atoms with van der Waals surface area (Å²) in [5.74, 6) is 0.591. The van der Waals surface area contributed by atoms with Gasteiger partial charge in [0.25, 0.3) is 15.9 Å². The number of carbonyl (C=O) groups is 1. The largest absolute Gasteiger partial charge is 0.497 e. The molecule has 1 aromatic heterocycles. The van der Waals surface area contributed by atoms with Gasteiger partial charge in [0.15, 0.2) is 0 Å². The topological polar surface area (TPSA) is 75.7 Å². The first-order chi connectivity index (χ1) is 16.7. The highest BCUT2D eigenvalue weighted by atomic mass is 32.2. The van der Waals surface area contributed by atoms with E-state index in [1.165, 1.54) is 15.6 Å². The first-order valence-corrected chi connectivity index (χ1v) is 13.6. The third-order valence-corrected chi connectivity index (χ3v) is 8.90. The minimum atomic E-state index is -3.70. The standard InChI is InChI=1S/C27H28N2O4S2/c1-5-29(35(31,32)24-13-6-18(2)7-14-24)22-10-15-25-21(16-22)17-26(34-25)27(30)28-19(3)20-8-11-23(33-4)12-9-20/h6-17,19H,5H2,1-4H3,(H,28,30)/t19-/m0/s1. The maximum Gasteiger partial charge on any atom is 0.264 e. The SMILES string of the molecule is CCN(c1ccc2sc(C(=O)N[C@@H](C)c3ccc(OC)cc3)cc2c1)S(=O)(=O)c1ccc(C)cc1. The first-order valence-electron chi connectivity index (χ1n) is 11.3. The first kappa shape index (κ1) is 24.8. The molecule has 0 aliphatic carbocycles. The van der Waals surface area contributed by atoms with Crippen molar-refractivity contribution in [3.63, 3.8) is 0 Å². The van der Waals surface area contributed by atoms with Crippen molar-refractivity contribution in [2.75, 3.05) is 18.0 Å². The molecule has 0 saturated carbocycles. The second-order valence-corrected chi connectivity index (χ2v) is 11.2. The van der Waals surface area contributed by atoms with Gasteiger partial charge in [-0.05, 0) is 80.3 Å². The molecule has 8 heteroatoms. The number of benzene rings is 3. The van der Waals surface area contributed by atoms with Crippen LogP contribution in [0.15, 0.2) is 77.7 Å². The summed E-state index contributed by atoms with van der Waals surface area (Å²) >= 11 is 1.38. The Morgan fingerprint density at radius 1 is 1.03 bits per heavy atom. The van der Waals surface area contributed by atoms with Crippen LogP contribution in [0.4, 0.5) is 5.69 Å². The number of fused-ring (bicyclic) bond motifs is 1. The molecule has 1 amide bonds. The molecule has 0 radical (unpaired) electrons. The zero-order valence-electron chi connectivity index (χ0n) is 20.1. The minimum Gasteiger partial charge on any atom is -0.497 e. The summed E-state index contributed by atoms with van der Waals surface area (Å²) in [6.45, 7) is 5.95. The average molecular weight is 509 g/mol. The Labute approximate surface area is 210 Å². The van der Waals surface area contributed by atoms with Crippen molar-refractivity contribution in [2.45, 2.75) is 31.7 Å². The van der Waals surface area contributed by atoms with Gasteiger partial charge in [-0.15, -0.1) is 11.3 Å². The van der Waals surface area contributed by atoms with Gasteiger partial charge in [-0.25, -0.2) is 8.42 Å². The molecule has 0 bridgehead atoms. The van der Waals surface area contributed by atoms with E-state index < -0.39 is 10.0 Å². The molecule has 35 heavy (non-hydrogen) atoms. The quantitative estimate of drug-likeness (QED) is 0.320. The number of amides is 1. The third kappa shape index (κ3) is 5.18. The van der Waals surface area contributed by atoms with Gasteiger partial charge < -0.3 is 10.1 Å². The lowest BCUT2D eigenvalue weighted by Crippen LogP contribution is -2.30. The number of nitrogens with one attached hydrogen (secondary N) is 1. The molecule has 1 heterocycles. The molecular weight excluding hydrogens is 480 g/mol. The van der Waals surface area contributed by atoms with Crippen LogP contribution >= 0.6 is 11.3 Å². The molecule has 1 N–H and O–H groups in total. The molecule has 0 saturated heterocycles. The summed E-state index contributed by atoms with van der Waals surface area (Å²) < 4.78 is 34.1. The van der Waals surface area contributed by atoms with Gasteiger partial charge in [-0.2, -0.15) is 0 Å². The number of hydrogen-bond donors (Lipinski definition) is 1. The molecule has 182 valence electrons. The van der Waals surface area contributed by atoms with Crippen molar-refractivity contribution in [2.24, 2.45) is 0 Å². The summed E-state index contributed by atoms with van der Waals surface area (Å²) in [7, 11) is -2.09. The maximum absolute atomic E-state index is 13.3. The van der Waals surface area contributed by atoms with Crippen molar-refractivity contribution in [1.82, 2.24) is 5.32 Å². The summed E-state index contributed by atoms with van der Waals surface area (Å²) in [4.78, 5) is 13.8. The number of aryl methyl sites for hydroxylation is 1. The summed E-state index contributed by atoms with van der Waals surface area (Å²) in [5, 5.41) is 3.86. The normalized spacial score (nSPS) is 12.3. The van der Waals surface area contributed by atoms with Gasteiger partial charge in [-0.1, -0.05) is 29.8 Å². The van der Waals surface area contributed by atoms with Gasteiger partial charge in [0.2, 0.25) is 0 Å². The Morgan fingerprint density at radius 2 is 1.71 bits per heavy atom. The lowest BCUT2D eigenvalue weighted by molar-refractivity contribution is 0.0944. The fourth-order valence-corrected chi connectivity index (χ4v) is 6.28. The fraction of sp³-hybridized carbons (Fsp3) is 0.222. The highest BCUT2D eigenvalue weighted by Crippen LogP contribution is 2.32. The minimum absolute atomic E-state index is 0.171. The van der Waals surface area contributed by atoms with Gasteiger partial charge in [-0.3, -0.25) is 9.10 Å². The number of thiophene rings is 1. The van der Waals surface area contributed by atoms with Crippen LogP contribution < -0.4 is 14.4 Å². The van der Waals surface area contributed by atoms with Gasteiger partial charge >= 0.3 is 0 Å². The number of carbonyl (C=O) groups excluding carboxylic acids is 1. The maximum atomic E-state index is 13.3. The molecule has 0 spiro atoms. The molecule has 0 fully saturated rings. The van der Waals surface area contributed by atoms with E-state index >= 15 is 0 Å². The fourth-order valence-electron chi connectivity index (χ4n) is 3.87. The number of sulfonamides is 1. The Kier molecular flexibility index (Phi) is 7.14. The van der Waals surface area contributed by atoms with Crippen LogP contribution in [0.3, 0.4) is 0 Å². The molecule has 4 rings (SSSR count). The number of hydrogen-bond acceptors (Lipinski definition) is 5. The second kappa shape index (κ2) is 10.1. The van der Waals surface area contributed by atoms with Crippen LogP contribution in [0.1, 0.15) is 40.7 Å². The van der Waals surface area contributed by atoms with Gasteiger partial charge in [0.05, 0.1) is 28.6 Å². The Morgan fingerprint density at radius 3 is 2.34 bits per heavy atom. The zero-order chi connectivity index (χ0) is 25.2. The second-order valence-electron chi connectivity index (χ2n) is 8.28. The monoisotopic (exact) mass is 508 g/mol. The summed E-state index contributed by atoms with van der Waals surface area (Å²) in [6, 6.07) is 21.5. The van der Waals surface area contributed by atoms with E-state index in [4.69, 9.17) is 4.74 Å². The lowest BCUT2D eigenvalue weighted by atomic mass is 10.1. The molecular formula is C27H28N2O4S2. The number of nitrogens with zero attached hydrogens (tertiary/aromatic N) is 1. The van der Waals surface area contributed by atoms with Crippen LogP contribution in [0.25, 0.3) is 10.1 Å². The van der Waals surface area contributed by atoms with Crippen LogP contribution in [0, 0.1) is 6.92 Å². The number of rotatable bonds is 8. The highest BCUT2D eigenvalue weighted by Gasteiger charge is 2.24. The van der Waals surface area contributed by atoms with E-state index in [1.807, 2.05) is 63.2 Å². The molecule has 0 aliphatic rings. The van der Waals surface area contributed by atoms with Crippen LogP contribution in [-0.2, 0) is 10.0 Å². The predicted molar refractivity (Wildman–Crippen MR) is 142 cm³/mol. The van der Waals surface area contributed by atoms with E-state index in [0.717, 1.165) is 27.0 Å². The van der Waals surface area contributed by atoms with E-state index in [9.17, 15) is 13.2 Å². The summed E-state index contributed by atoms with van der Waals surface area (Å²) in [5.41, 5.74) is 2.54. The van der Waals surface area contributed by atoms with E-state index in [0.29, 0.717) is 17.1 Å². The highest BCUT2D eigenvalue weighted by molar-refractivity contribution is 7.92. The number of anilines is 1. The predicted octanol–water partition coefficient (Wildman–Crippen LogP) is 5.92. The number of methoxy groups -OCH3 is 1. The van der Waals surface area contributed by atoms with Crippen LogP contribution in [0.2, 0.25) is 0 Å². The van der Waals surface area contributed by atoms with Crippen molar-refractivity contribution in [3.05, 3.63) is 88.8 Å². The van der Waals surface area contributed by atoms with E-state index in [1.54, 1.807) is 37.4 Å². The molecule has 0 aliphatic heterocycles. The smallest absolute Gasteiger partial charge is 0.264 e. The Bertz CT molecular complexity index is 1440. The Hall–Kier alpha value is -3.36. The van der Waals surface area contributed by atoms with Crippen molar-refractivity contribution in [3.8, 4) is 5.75 Å². The van der Waals surface area contributed by atoms with E-state index in [-0.39, 0.29) is 16.8 Å². The molecule has 0 unspecified atom stereocenters. The average Bonchev–Trinajstić information content (AvgIpc) is 3.28. The van der Waals surface area contributed by atoms with Crippen molar-refractivity contribution < 1.29 is 17.9 Å².